The Morgan fingerprint density at radius 1 is 1.26 bits per heavy atom. The van der Waals surface area contributed by atoms with Gasteiger partial charge < -0.3 is 9.64 Å². The number of para-hydroxylation sites is 1. The molecule has 23 heavy (non-hydrogen) atoms. The Bertz CT molecular complexity index is 707. The Morgan fingerprint density at radius 2 is 1.96 bits per heavy atom. The predicted octanol–water partition coefficient (Wildman–Crippen LogP) is 4.00. The second-order valence-electron chi connectivity index (χ2n) is 4.69. The number of benzene rings is 2. The average molecular weight is 393 g/mol. The minimum atomic E-state index is -0.257. The van der Waals surface area contributed by atoms with E-state index in [0.29, 0.717) is 27.4 Å². The van der Waals surface area contributed by atoms with Gasteiger partial charge in [0, 0.05) is 17.8 Å². The Balaban J connectivity index is 2.12. The fourth-order valence-electron chi connectivity index (χ4n) is 2.10. The number of nitrogens with one attached hydrogen (secondary N) is 1. The number of thiocarbonyl (C=S) groups is 1. The maximum absolute atomic E-state index is 12.4. The van der Waals surface area contributed by atoms with Gasteiger partial charge in [0.05, 0.1) is 11.6 Å². The molecule has 0 aliphatic rings. The molecule has 2 aromatic rings. The van der Waals surface area contributed by atoms with Gasteiger partial charge in [0.1, 0.15) is 5.75 Å². The van der Waals surface area contributed by atoms with E-state index < -0.39 is 0 Å². The molecule has 0 aliphatic heterocycles. The summed E-state index contributed by atoms with van der Waals surface area (Å²) in [5, 5.41) is 3.14. The molecule has 1 N–H and O–H groups in total. The van der Waals surface area contributed by atoms with Crippen molar-refractivity contribution in [1.82, 2.24) is 5.32 Å². The van der Waals surface area contributed by atoms with E-state index in [2.05, 4.69) is 21.2 Å². The summed E-state index contributed by atoms with van der Waals surface area (Å²) in [6, 6.07) is 14.8. The molecule has 0 heterocycles. The lowest BCUT2D eigenvalue weighted by molar-refractivity contribution is 0.0977. The van der Waals surface area contributed by atoms with E-state index in [9.17, 15) is 4.79 Å². The molecule has 0 atom stereocenters. The van der Waals surface area contributed by atoms with Crippen LogP contribution in [0, 0.1) is 0 Å². The van der Waals surface area contributed by atoms with Gasteiger partial charge in [-0.15, -0.1) is 0 Å². The highest BCUT2D eigenvalue weighted by Crippen LogP contribution is 2.25. The topological polar surface area (TPSA) is 41.6 Å². The molecule has 0 saturated heterocycles. The molecule has 0 aliphatic carbocycles. The van der Waals surface area contributed by atoms with Crippen LogP contribution in [0.2, 0.25) is 0 Å². The first kappa shape index (κ1) is 17.4. The molecule has 1 amide bonds. The van der Waals surface area contributed by atoms with E-state index >= 15 is 0 Å². The van der Waals surface area contributed by atoms with Crippen molar-refractivity contribution >= 4 is 44.9 Å². The van der Waals surface area contributed by atoms with E-state index in [1.165, 1.54) is 0 Å². The summed E-state index contributed by atoms with van der Waals surface area (Å²) in [7, 11) is 1.58. The number of rotatable bonds is 4. The predicted molar refractivity (Wildman–Crippen MR) is 100 cm³/mol. The first-order valence-corrected chi connectivity index (χ1v) is 8.28. The van der Waals surface area contributed by atoms with Crippen molar-refractivity contribution < 1.29 is 9.53 Å². The first-order chi connectivity index (χ1) is 11.1. The summed E-state index contributed by atoms with van der Waals surface area (Å²) in [6.07, 6.45) is 0. The molecule has 4 nitrogen and oxygen atoms in total. The minimum Gasteiger partial charge on any atom is -0.496 e. The highest BCUT2D eigenvalue weighted by atomic mass is 79.9. The number of hydrogen-bond acceptors (Lipinski definition) is 3. The molecule has 0 bridgehead atoms. The van der Waals surface area contributed by atoms with E-state index in [1.54, 1.807) is 25.3 Å². The summed E-state index contributed by atoms with van der Waals surface area (Å²) in [5.41, 5.74) is 1.44. The number of amides is 1. The summed E-state index contributed by atoms with van der Waals surface area (Å²) >= 11 is 8.74. The molecule has 120 valence electrons. The number of nitrogens with zero attached hydrogens (tertiary/aromatic N) is 1. The van der Waals surface area contributed by atoms with E-state index in [0.717, 1.165) is 5.69 Å². The molecular weight excluding hydrogens is 376 g/mol. The van der Waals surface area contributed by atoms with Gasteiger partial charge >= 0.3 is 0 Å². The van der Waals surface area contributed by atoms with Gasteiger partial charge in [0.2, 0.25) is 0 Å². The van der Waals surface area contributed by atoms with E-state index in [1.807, 2.05) is 42.2 Å². The lowest BCUT2D eigenvalue weighted by Gasteiger charge is -2.23. The zero-order chi connectivity index (χ0) is 16.8. The third-order valence-electron chi connectivity index (χ3n) is 3.26. The Kier molecular flexibility index (Phi) is 6.12. The molecule has 0 fully saturated rings. The van der Waals surface area contributed by atoms with Crippen molar-refractivity contribution in [2.45, 2.75) is 6.92 Å². The number of halogens is 1. The van der Waals surface area contributed by atoms with Crippen LogP contribution in [0.15, 0.2) is 53.0 Å². The van der Waals surface area contributed by atoms with Crippen molar-refractivity contribution in [1.29, 1.82) is 0 Å². The van der Waals surface area contributed by atoms with Gasteiger partial charge in [-0.1, -0.05) is 18.2 Å². The number of ether oxygens (including phenoxy) is 1. The third kappa shape index (κ3) is 4.30. The molecule has 0 unspecified atom stereocenters. The lowest BCUT2D eigenvalue weighted by Crippen LogP contribution is -2.42. The number of anilines is 1. The van der Waals surface area contributed by atoms with Crippen LogP contribution < -0.4 is 15.0 Å². The van der Waals surface area contributed by atoms with E-state index in [-0.39, 0.29) is 5.91 Å². The summed E-state index contributed by atoms with van der Waals surface area (Å²) in [4.78, 5) is 14.2. The van der Waals surface area contributed by atoms with Crippen LogP contribution >= 0.6 is 28.1 Å². The van der Waals surface area contributed by atoms with Gasteiger partial charge in [0.25, 0.3) is 5.91 Å². The normalized spacial score (nSPS) is 10.0. The van der Waals surface area contributed by atoms with Crippen LogP contribution in [-0.4, -0.2) is 24.7 Å². The molecule has 0 aromatic heterocycles. The highest BCUT2D eigenvalue weighted by Gasteiger charge is 2.15. The van der Waals surface area contributed by atoms with Crippen molar-refractivity contribution in [2.24, 2.45) is 0 Å². The minimum absolute atomic E-state index is 0.257. The zero-order valence-corrected chi connectivity index (χ0v) is 15.3. The zero-order valence-electron chi connectivity index (χ0n) is 12.9. The standard InChI is InChI=1S/C17H17BrN2O2S/c1-3-20(13-7-5-4-6-8-13)17(23)19-16(21)12-9-10-15(22-2)14(18)11-12/h4-11H,3H2,1-2H3,(H,19,21,23). The van der Waals surface area contributed by atoms with Gasteiger partial charge in [-0.3, -0.25) is 10.1 Å². The average Bonchev–Trinajstić information content (AvgIpc) is 2.56. The van der Waals surface area contributed by atoms with Gasteiger partial charge in [-0.05, 0) is 65.4 Å². The fourth-order valence-corrected chi connectivity index (χ4v) is 2.96. The molecule has 0 spiro atoms. The molecule has 0 saturated carbocycles. The Morgan fingerprint density at radius 3 is 2.52 bits per heavy atom. The van der Waals surface area contributed by atoms with E-state index in [4.69, 9.17) is 17.0 Å². The monoisotopic (exact) mass is 392 g/mol. The van der Waals surface area contributed by atoms with Gasteiger partial charge in [0.15, 0.2) is 5.11 Å². The van der Waals surface area contributed by atoms with Crippen LogP contribution in [0.25, 0.3) is 0 Å². The molecule has 0 radical (unpaired) electrons. The van der Waals surface area contributed by atoms with Crippen LogP contribution in [-0.2, 0) is 0 Å². The maximum Gasteiger partial charge on any atom is 0.257 e. The smallest absolute Gasteiger partial charge is 0.257 e. The summed E-state index contributed by atoms with van der Waals surface area (Å²) in [5.74, 6) is 0.413. The van der Waals surface area contributed by atoms with Gasteiger partial charge in [-0.25, -0.2) is 0 Å². The van der Waals surface area contributed by atoms with Crippen molar-refractivity contribution in [3.8, 4) is 5.75 Å². The second kappa shape index (κ2) is 8.08. The Labute approximate surface area is 149 Å². The number of methoxy groups -OCH3 is 1. The van der Waals surface area contributed by atoms with Gasteiger partial charge in [-0.2, -0.15) is 0 Å². The van der Waals surface area contributed by atoms with Crippen LogP contribution in [0.5, 0.6) is 5.75 Å². The van der Waals surface area contributed by atoms with Crippen molar-refractivity contribution in [2.75, 3.05) is 18.6 Å². The number of carbonyl (C=O) groups excluding carboxylic acids is 1. The van der Waals surface area contributed by atoms with Crippen molar-refractivity contribution in [3.63, 3.8) is 0 Å². The molecule has 2 rings (SSSR count). The number of hydrogen-bond donors (Lipinski definition) is 1. The first-order valence-electron chi connectivity index (χ1n) is 7.08. The van der Waals surface area contributed by atoms with Crippen LogP contribution in [0.4, 0.5) is 5.69 Å². The van der Waals surface area contributed by atoms with Crippen LogP contribution in [0.3, 0.4) is 0 Å². The molecule has 6 heteroatoms. The number of carbonyl (C=O) groups is 1. The largest absolute Gasteiger partial charge is 0.496 e. The van der Waals surface area contributed by atoms with Crippen molar-refractivity contribution in [3.05, 3.63) is 58.6 Å². The quantitative estimate of drug-likeness (QED) is 0.798. The van der Waals surface area contributed by atoms with Crippen LogP contribution in [0.1, 0.15) is 17.3 Å². The fraction of sp³-hybridized carbons (Fsp3) is 0.176. The second-order valence-corrected chi connectivity index (χ2v) is 5.93. The molecular formula is C17H17BrN2O2S. The summed E-state index contributed by atoms with van der Waals surface area (Å²) in [6.45, 7) is 2.64. The lowest BCUT2D eigenvalue weighted by atomic mass is 10.2. The third-order valence-corrected chi connectivity index (χ3v) is 4.21. The SMILES string of the molecule is CCN(C(=S)NC(=O)c1ccc(OC)c(Br)c1)c1ccccc1. The maximum atomic E-state index is 12.4. The molecule has 2 aromatic carbocycles. The Hall–Kier alpha value is -1.92. The summed E-state index contributed by atoms with van der Waals surface area (Å²) < 4.78 is 5.88. The highest BCUT2D eigenvalue weighted by molar-refractivity contribution is 9.10.